The number of carboxylic acids is 2. The summed E-state index contributed by atoms with van der Waals surface area (Å²) in [5.74, 6) is -1.74. The van der Waals surface area contributed by atoms with Crippen LogP contribution < -0.4 is 16.8 Å². The van der Waals surface area contributed by atoms with Crippen LogP contribution in [0.1, 0.15) is 38.5 Å². The number of unbranched alkanes of at least 4 members (excludes halogenated alkanes) is 1. The SMILES string of the molecule is NCCCP(=O)(CCCN)c1ccccc1.O=C(O)CCCCC(=O)O. The quantitative estimate of drug-likeness (QED) is 0.318. The van der Waals surface area contributed by atoms with Crippen molar-refractivity contribution in [1.82, 2.24) is 0 Å². The molecule has 0 aliphatic heterocycles. The molecule has 148 valence electrons. The van der Waals surface area contributed by atoms with Crippen LogP contribution in [0.3, 0.4) is 0 Å². The summed E-state index contributed by atoms with van der Waals surface area (Å²) in [5.41, 5.74) is 11.0. The van der Waals surface area contributed by atoms with E-state index in [2.05, 4.69) is 0 Å². The zero-order chi connectivity index (χ0) is 19.8. The molecule has 1 aromatic carbocycles. The molecule has 0 aliphatic carbocycles. The molecule has 0 saturated carbocycles. The summed E-state index contributed by atoms with van der Waals surface area (Å²) in [5, 5.41) is 17.2. The molecular formula is C18H31N2O5P. The molecule has 0 saturated heterocycles. The smallest absolute Gasteiger partial charge is 0.303 e. The molecule has 0 spiro atoms. The maximum Gasteiger partial charge on any atom is 0.303 e. The van der Waals surface area contributed by atoms with Gasteiger partial charge in [-0.15, -0.1) is 0 Å². The van der Waals surface area contributed by atoms with Crippen molar-refractivity contribution in [3.63, 3.8) is 0 Å². The average molecular weight is 386 g/mol. The van der Waals surface area contributed by atoms with E-state index in [0.29, 0.717) is 38.3 Å². The largest absolute Gasteiger partial charge is 0.481 e. The van der Waals surface area contributed by atoms with E-state index in [4.69, 9.17) is 21.7 Å². The Hall–Kier alpha value is -1.69. The van der Waals surface area contributed by atoms with Gasteiger partial charge >= 0.3 is 11.9 Å². The van der Waals surface area contributed by atoms with Gasteiger partial charge in [0.05, 0.1) is 0 Å². The van der Waals surface area contributed by atoms with Crippen LogP contribution in [0, 0.1) is 0 Å². The van der Waals surface area contributed by atoms with Crippen molar-refractivity contribution in [1.29, 1.82) is 0 Å². The predicted octanol–water partition coefficient (Wildman–Crippen LogP) is 2.09. The fraction of sp³-hybridized carbons (Fsp3) is 0.556. The first-order valence-electron chi connectivity index (χ1n) is 8.83. The zero-order valence-corrected chi connectivity index (χ0v) is 16.1. The van der Waals surface area contributed by atoms with Gasteiger partial charge in [0.15, 0.2) is 0 Å². The van der Waals surface area contributed by atoms with Crippen LogP contribution in [0.4, 0.5) is 0 Å². The molecule has 0 heterocycles. The Morgan fingerprint density at radius 1 is 0.808 bits per heavy atom. The number of nitrogens with two attached hydrogens (primary N) is 2. The lowest BCUT2D eigenvalue weighted by Gasteiger charge is -2.18. The standard InChI is InChI=1S/C12H21N2OP.C6H10O4/c13-8-4-10-16(15,11-5-9-14)12-6-2-1-3-7-12;7-5(8)3-1-2-4-6(9)10/h1-3,6-7H,4-5,8-11,13-14H2;1-4H2,(H,7,8)(H,9,10). The highest BCUT2D eigenvalue weighted by molar-refractivity contribution is 7.71. The summed E-state index contributed by atoms with van der Waals surface area (Å²) in [7, 11) is -2.26. The summed E-state index contributed by atoms with van der Waals surface area (Å²) < 4.78 is 12.8. The van der Waals surface area contributed by atoms with Crippen LogP contribution in [0.5, 0.6) is 0 Å². The van der Waals surface area contributed by atoms with E-state index >= 15 is 0 Å². The Morgan fingerprint density at radius 3 is 1.58 bits per heavy atom. The van der Waals surface area contributed by atoms with Gasteiger partial charge < -0.3 is 26.2 Å². The number of carbonyl (C=O) groups is 2. The van der Waals surface area contributed by atoms with Crippen LogP contribution >= 0.6 is 7.14 Å². The molecular weight excluding hydrogens is 355 g/mol. The molecule has 1 rings (SSSR count). The van der Waals surface area contributed by atoms with Gasteiger partial charge in [-0.1, -0.05) is 30.3 Å². The molecule has 0 unspecified atom stereocenters. The van der Waals surface area contributed by atoms with Crippen molar-refractivity contribution in [3.05, 3.63) is 30.3 Å². The van der Waals surface area contributed by atoms with E-state index in [1.165, 1.54) is 0 Å². The molecule has 1 aromatic rings. The van der Waals surface area contributed by atoms with E-state index in [1.807, 2.05) is 30.3 Å². The zero-order valence-electron chi connectivity index (χ0n) is 15.2. The maximum absolute atomic E-state index is 12.8. The number of hydrogen-bond donors (Lipinski definition) is 4. The van der Waals surface area contributed by atoms with E-state index in [1.54, 1.807) is 0 Å². The minimum absolute atomic E-state index is 0.0628. The van der Waals surface area contributed by atoms with Crippen LogP contribution in [0.2, 0.25) is 0 Å². The molecule has 6 N–H and O–H groups in total. The number of hydrogen-bond acceptors (Lipinski definition) is 5. The molecule has 8 heteroatoms. The van der Waals surface area contributed by atoms with Gasteiger partial charge in [0.2, 0.25) is 0 Å². The van der Waals surface area contributed by atoms with Gasteiger partial charge in [-0.25, -0.2) is 0 Å². The summed E-state index contributed by atoms with van der Waals surface area (Å²) in [6, 6.07) is 9.72. The summed E-state index contributed by atoms with van der Waals surface area (Å²) in [6.45, 7) is 1.19. The fourth-order valence-electron chi connectivity index (χ4n) is 2.32. The molecule has 0 radical (unpaired) electrons. The minimum atomic E-state index is -2.26. The Balaban J connectivity index is 0.000000541. The first-order chi connectivity index (χ1) is 12.4. The van der Waals surface area contributed by atoms with E-state index in [9.17, 15) is 14.2 Å². The summed E-state index contributed by atoms with van der Waals surface area (Å²) in [4.78, 5) is 19.8. The van der Waals surface area contributed by atoms with Crippen molar-refractivity contribution < 1.29 is 24.4 Å². The van der Waals surface area contributed by atoms with Gasteiger partial charge in [-0.2, -0.15) is 0 Å². The second-order valence-corrected chi connectivity index (χ2v) is 9.14. The molecule has 0 atom stereocenters. The molecule has 0 aromatic heterocycles. The minimum Gasteiger partial charge on any atom is -0.481 e. The normalized spacial score (nSPS) is 10.7. The van der Waals surface area contributed by atoms with Gasteiger partial charge in [-0.05, 0) is 38.8 Å². The van der Waals surface area contributed by atoms with Crippen LogP contribution in [0.15, 0.2) is 30.3 Å². The van der Waals surface area contributed by atoms with Gasteiger partial charge in [0, 0.05) is 30.5 Å². The molecule has 0 aliphatic rings. The maximum atomic E-state index is 12.8. The number of benzene rings is 1. The van der Waals surface area contributed by atoms with E-state index < -0.39 is 19.1 Å². The molecule has 0 fully saturated rings. The Morgan fingerprint density at radius 2 is 1.23 bits per heavy atom. The van der Waals surface area contributed by atoms with Crippen molar-refractivity contribution in [3.8, 4) is 0 Å². The lowest BCUT2D eigenvalue weighted by atomic mass is 10.2. The number of aliphatic carboxylic acids is 2. The van der Waals surface area contributed by atoms with Gasteiger partial charge in [0.1, 0.15) is 7.14 Å². The molecule has 7 nitrogen and oxygen atoms in total. The molecule has 0 bridgehead atoms. The topological polar surface area (TPSA) is 144 Å². The Labute approximate surface area is 155 Å². The molecule has 0 amide bonds. The second-order valence-electron chi connectivity index (χ2n) is 5.95. The van der Waals surface area contributed by atoms with Crippen molar-refractivity contribution in [2.75, 3.05) is 25.4 Å². The third-order valence-electron chi connectivity index (χ3n) is 3.70. The van der Waals surface area contributed by atoms with E-state index in [0.717, 1.165) is 18.1 Å². The highest BCUT2D eigenvalue weighted by Gasteiger charge is 2.22. The third kappa shape index (κ3) is 11.8. The first kappa shape index (κ1) is 24.3. The van der Waals surface area contributed by atoms with Crippen LogP contribution in [-0.2, 0) is 14.2 Å². The third-order valence-corrected chi connectivity index (χ3v) is 7.02. The molecule has 26 heavy (non-hydrogen) atoms. The van der Waals surface area contributed by atoms with Crippen LogP contribution in [0.25, 0.3) is 0 Å². The van der Waals surface area contributed by atoms with E-state index in [-0.39, 0.29) is 12.8 Å². The van der Waals surface area contributed by atoms with Gasteiger partial charge in [-0.3, -0.25) is 9.59 Å². The number of rotatable bonds is 12. The average Bonchev–Trinajstić information content (AvgIpc) is 2.63. The fourth-order valence-corrected chi connectivity index (χ4v) is 5.16. The lowest BCUT2D eigenvalue weighted by molar-refractivity contribution is -0.139. The van der Waals surface area contributed by atoms with Crippen molar-refractivity contribution in [2.45, 2.75) is 38.5 Å². The predicted molar refractivity (Wildman–Crippen MR) is 104 cm³/mol. The Kier molecular flexibility index (Phi) is 13.5. The first-order valence-corrected chi connectivity index (χ1v) is 10.9. The highest BCUT2D eigenvalue weighted by Crippen LogP contribution is 2.45. The highest BCUT2D eigenvalue weighted by atomic mass is 31.2. The van der Waals surface area contributed by atoms with Gasteiger partial charge in [0.25, 0.3) is 0 Å². The van der Waals surface area contributed by atoms with Crippen molar-refractivity contribution >= 4 is 24.4 Å². The second kappa shape index (κ2) is 14.5. The van der Waals surface area contributed by atoms with Crippen LogP contribution in [-0.4, -0.2) is 47.6 Å². The summed E-state index contributed by atoms with van der Waals surface area (Å²) >= 11 is 0. The monoisotopic (exact) mass is 386 g/mol. The van der Waals surface area contributed by atoms with Crippen molar-refractivity contribution in [2.24, 2.45) is 11.5 Å². The summed E-state index contributed by atoms with van der Waals surface area (Å²) in [6.07, 6.45) is 4.05. The lowest BCUT2D eigenvalue weighted by Crippen LogP contribution is -2.15. The Bertz CT molecular complexity index is 538. The number of carboxylic acid groups (broad SMARTS) is 2.